The zero-order valence-corrected chi connectivity index (χ0v) is 57.7. The number of carbonyl (C=O) groups is 4. The second-order valence-corrected chi connectivity index (χ2v) is 35.5. The molecule has 15 N–H and O–H groups in total. The molecule has 10 fully saturated rings. The van der Waals surface area contributed by atoms with E-state index in [9.17, 15) is 91.0 Å². The fourth-order valence-corrected chi connectivity index (χ4v) is 24.6. The van der Waals surface area contributed by atoms with Gasteiger partial charge >= 0.3 is 23.9 Å². The second kappa shape index (κ2) is 23.6. The minimum atomic E-state index is -2.29. The van der Waals surface area contributed by atoms with Gasteiger partial charge in [-0.1, -0.05) is 92.5 Å². The van der Waals surface area contributed by atoms with Gasteiger partial charge in [0.1, 0.15) is 60.4 Å². The van der Waals surface area contributed by atoms with Crippen LogP contribution in [0.4, 0.5) is 0 Å². The smallest absolute Gasteiger partial charge is 0.316 e. The highest BCUT2D eigenvalue weighted by atomic mass is 16.7. The Morgan fingerprint density at radius 1 is 0.458 bits per heavy atom. The van der Waals surface area contributed by atoms with Gasteiger partial charge in [0.05, 0.1) is 66.6 Å². The van der Waals surface area contributed by atoms with Crippen LogP contribution >= 0.6 is 0 Å². The molecule has 0 aromatic carbocycles. The lowest BCUT2D eigenvalue weighted by Gasteiger charge is -2.72. The Balaban J connectivity index is 0.832. The van der Waals surface area contributed by atoms with Crippen LogP contribution in [0.25, 0.3) is 0 Å². The van der Waals surface area contributed by atoms with Crippen molar-refractivity contribution in [2.45, 2.75) is 277 Å². The third kappa shape index (κ3) is 9.47. The molecule has 12 aliphatic rings. The number of hydrogen-bond donors (Lipinski definition) is 15. The van der Waals surface area contributed by atoms with Crippen molar-refractivity contribution in [3.63, 3.8) is 0 Å². The van der Waals surface area contributed by atoms with Crippen molar-refractivity contribution in [3.8, 4) is 0 Å². The molecule has 32 atom stereocenters. The van der Waals surface area contributed by atoms with E-state index in [4.69, 9.17) is 23.7 Å². The van der Waals surface area contributed by atoms with E-state index in [0.717, 1.165) is 11.1 Å². The van der Waals surface area contributed by atoms with E-state index in [1.54, 1.807) is 6.92 Å². The summed E-state index contributed by atoms with van der Waals surface area (Å²) >= 11 is 0. The maximum Gasteiger partial charge on any atom is 0.316 e. The molecule has 24 heteroatoms. The van der Waals surface area contributed by atoms with Gasteiger partial charge in [-0.2, -0.15) is 0 Å². The van der Waals surface area contributed by atoms with Crippen molar-refractivity contribution in [1.82, 2.24) is 0 Å². The standard InChI is InChI=1S/C72H110O24/c1-61(2)20-24-70(59(90)95-55-49(82)47(80)45(78)37(30-73)92-55)26-22-65(7)33(43(70)52(61)85)12-14-39-63(5)28-35(76)51(84)69(11,41(63)16-18-67(39,65)9)58(89)94-54-36(77)29-64(6)40-15-13-34-44-53(86)62(3,4)21-25-71(44,60(91)96-56-50(83)48(81)46(79)38(31-74)93-56)27-23-66(34,8)68(40,10)19-17-42(64)72(54,32-75)57(87)88/h12-13,35-56,73-86H,14-32H2,1-11H3,(H,87,88)/t35-,36-,37-,38-,39-,40-,41-,42-,43-,44-,45-,46-,47+,48+,49-,50-,51+,52+,53+,54-,55+,56+,63-,64-,65-,66-,67-,68-,69+,70+,71+,72-/m1/s1. The number of carboxylic acid groups (broad SMARTS) is 1. The molecule has 0 radical (unpaired) electrons. The molecule has 0 bridgehead atoms. The minimum absolute atomic E-state index is 0.0606. The molecule has 2 saturated heterocycles. The second-order valence-electron chi connectivity index (χ2n) is 35.5. The van der Waals surface area contributed by atoms with Crippen LogP contribution in [-0.2, 0) is 42.9 Å². The van der Waals surface area contributed by atoms with E-state index < -0.39 is 230 Å². The first-order valence-electron chi connectivity index (χ1n) is 35.5. The van der Waals surface area contributed by atoms with E-state index in [0.29, 0.717) is 64.2 Å². The van der Waals surface area contributed by atoms with Gasteiger partial charge in [-0.25, -0.2) is 0 Å². The fraction of sp³-hybridized carbons (Fsp3) is 0.889. The zero-order valence-electron chi connectivity index (χ0n) is 57.7. The van der Waals surface area contributed by atoms with Crippen LogP contribution in [0.1, 0.15) is 179 Å². The Morgan fingerprint density at radius 3 is 1.26 bits per heavy atom. The number of fused-ring (bicyclic) bond motifs is 14. The first-order chi connectivity index (χ1) is 44.6. The lowest BCUT2D eigenvalue weighted by atomic mass is 9.33. The van der Waals surface area contributed by atoms with Crippen LogP contribution in [-0.4, -0.2) is 218 Å². The number of esters is 3. The summed E-state index contributed by atoms with van der Waals surface area (Å²) in [4.78, 5) is 60.3. The van der Waals surface area contributed by atoms with Crippen molar-refractivity contribution < 1.29 is 119 Å². The predicted octanol–water partition coefficient (Wildman–Crippen LogP) is 2.45. The van der Waals surface area contributed by atoms with Gasteiger partial charge in [0.25, 0.3) is 0 Å². The molecule has 542 valence electrons. The van der Waals surface area contributed by atoms with Gasteiger partial charge in [0.2, 0.25) is 12.6 Å². The number of allylic oxidation sites excluding steroid dienone is 2. The molecule has 0 unspecified atom stereocenters. The highest BCUT2D eigenvalue weighted by Crippen LogP contribution is 2.79. The molecule has 24 nitrogen and oxygen atoms in total. The largest absolute Gasteiger partial charge is 0.481 e. The summed E-state index contributed by atoms with van der Waals surface area (Å²) in [7, 11) is 0. The monoisotopic (exact) mass is 1360 g/mol. The first kappa shape index (κ1) is 72.5. The van der Waals surface area contributed by atoms with Crippen LogP contribution < -0.4 is 0 Å². The maximum absolute atomic E-state index is 15.9. The Hall–Kier alpha value is -3.28. The van der Waals surface area contributed by atoms with Gasteiger partial charge in [-0.3, -0.25) is 19.2 Å². The molecule has 8 saturated carbocycles. The number of ether oxygens (including phenoxy) is 5. The van der Waals surface area contributed by atoms with Crippen molar-refractivity contribution in [3.05, 3.63) is 23.3 Å². The molecular formula is C72H110O24. The van der Waals surface area contributed by atoms with Gasteiger partial charge in [-0.15, -0.1) is 0 Å². The summed E-state index contributed by atoms with van der Waals surface area (Å²) in [6, 6.07) is 0. The van der Waals surface area contributed by atoms with E-state index in [2.05, 4.69) is 33.8 Å². The average Bonchev–Trinajstić information content (AvgIpc) is 0.675. The molecule has 0 amide bonds. The quantitative estimate of drug-likeness (QED) is 0.0848. The van der Waals surface area contributed by atoms with E-state index in [1.807, 2.05) is 47.6 Å². The lowest BCUT2D eigenvalue weighted by Crippen LogP contribution is -2.72. The third-order valence-electron chi connectivity index (χ3n) is 31.0. The lowest BCUT2D eigenvalue weighted by molar-refractivity contribution is -0.298. The van der Waals surface area contributed by atoms with Gasteiger partial charge < -0.3 is 100 Å². The summed E-state index contributed by atoms with van der Waals surface area (Å²) in [5, 5.41) is 171. The van der Waals surface area contributed by atoms with E-state index in [-0.39, 0.29) is 50.4 Å². The van der Waals surface area contributed by atoms with Gasteiger partial charge in [-0.05, 0) is 177 Å². The van der Waals surface area contributed by atoms with E-state index in [1.165, 1.54) is 0 Å². The topological polar surface area (TPSA) is 418 Å². The van der Waals surface area contributed by atoms with Crippen molar-refractivity contribution in [2.75, 3.05) is 19.8 Å². The van der Waals surface area contributed by atoms with Crippen LogP contribution in [0.2, 0.25) is 0 Å². The highest BCUT2D eigenvalue weighted by Gasteiger charge is 2.78. The van der Waals surface area contributed by atoms with Gasteiger partial charge in [0, 0.05) is 11.8 Å². The van der Waals surface area contributed by atoms with Gasteiger partial charge in [0.15, 0.2) is 0 Å². The van der Waals surface area contributed by atoms with Crippen LogP contribution in [0.15, 0.2) is 23.3 Å². The highest BCUT2D eigenvalue weighted by molar-refractivity contribution is 5.82. The van der Waals surface area contributed by atoms with Crippen LogP contribution in [0.5, 0.6) is 0 Å². The molecule has 2 aliphatic heterocycles. The molecule has 0 spiro atoms. The summed E-state index contributed by atoms with van der Waals surface area (Å²) < 4.78 is 29.8. The molecule has 2 heterocycles. The van der Waals surface area contributed by atoms with Crippen molar-refractivity contribution in [2.24, 2.45) is 100 Å². The SMILES string of the molecule is CC1(C)CC[C@]2(C(=O)O[C@@H]3O[C@H](CO)[C@@H](O)[C@H](O)[C@H]3O)CC[C@]3(C)C(=CC[C@@H]4[C@@]5(C)C[C@@H](O)[C@H](O)[C@@](C)(C(=O)O[C@@H]6[C@H](O)C[C@@]7(C)[C@@H](CC[C@]8(C)[C@@H]7CC=C7[C@@H]9[C@H](O)C(C)(C)CC[C@]9(C(=O)O[C@@H]9O[C@H](CO)[C@@H](O)[C@H](O)[C@H]9O)CC[C@]78C)[C@@]6(CO)C(=O)O)[C@@H]5CC[C@]43C)[C@@H]2[C@@H]1O. The fourth-order valence-electron chi connectivity index (χ4n) is 24.6. The molecule has 0 aromatic heterocycles. The Labute approximate surface area is 561 Å². The number of aliphatic carboxylic acids is 1. The number of aliphatic hydroxyl groups is 14. The predicted molar refractivity (Wildman–Crippen MR) is 337 cm³/mol. The number of carbonyl (C=O) groups excluding carboxylic acids is 3. The molecule has 96 heavy (non-hydrogen) atoms. The zero-order chi connectivity index (χ0) is 70.6. The number of carboxylic acids is 1. The number of aliphatic hydroxyl groups excluding tert-OH is 14. The summed E-state index contributed by atoms with van der Waals surface area (Å²) in [6.45, 7) is 19.4. The summed E-state index contributed by atoms with van der Waals surface area (Å²) in [6.07, 6.45) is -16.7. The van der Waals surface area contributed by atoms with Crippen LogP contribution in [0, 0.1) is 100 Å². The minimum Gasteiger partial charge on any atom is -0.481 e. The van der Waals surface area contributed by atoms with Crippen molar-refractivity contribution in [1.29, 1.82) is 0 Å². The molecule has 10 aliphatic carbocycles. The Bertz CT molecular complexity index is 3130. The Kier molecular flexibility index (Phi) is 17.8. The molecule has 12 rings (SSSR count). The summed E-state index contributed by atoms with van der Waals surface area (Å²) in [5.74, 6) is -7.91. The number of hydrogen-bond acceptors (Lipinski definition) is 23. The Morgan fingerprint density at radius 2 is 0.854 bits per heavy atom. The average molecular weight is 1360 g/mol. The molecule has 0 aromatic rings. The summed E-state index contributed by atoms with van der Waals surface area (Å²) in [5.41, 5.74) is -11.3. The van der Waals surface area contributed by atoms with E-state index >= 15 is 4.79 Å². The normalized spacial score (nSPS) is 54.6. The first-order valence-corrected chi connectivity index (χ1v) is 35.5. The molecular weight excluding hydrogens is 1250 g/mol. The maximum atomic E-state index is 15.9. The number of rotatable bonds is 10. The van der Waals surface area contributed by atoms with Crippen molar-refractivity contribution >= 4 is 23.9 Å². The van der Waals surface area contributed by atoms with Crippen LogP contribution in [0.3, 0.4) is 0 Å². The third-order valence-corrected chi connectivity index (χ3v) is 31.0.